The summed E-state index contributed by atoms with van der Waals surface area (Å²) in [4.78, 5) is 5.55. The molecule has 4 heteroatoms. The minimum absolute atomic E-state index is 0.910. The topological polar surface area (TPSA) is 37.0 Å². The molecule has 19 heavy (non-hydrogen) atoms. The van der Waals surface area contributed by atoms with E-state index in [-0.39, 0.29) is 0 Å². The van der Waals surface area contributed by atoms with Crippen molar-refractivity contribution in [3.05, 3.63) is 42.6 Å². The molecule has 1 aromatic heterocycles. The van der Waals surface area contributed by atoms with E-state index in [1.807, 2.05) is 18.3 Å². The number of nitrogens with one attached hydrogen (secondary N) is 2. The molecule has 2 aromatic rings. The van der Waals surface area contributed by atoms with E-state index in [0.29, 0.717) is 0 Å². The van der Waals surface area contributed by atoms with Gasteiger partial charge in [0.25, 0.3) is 0 Å². The normalized spacial score (nSPS) is 10.2. The number of anilines is 3. The molecule has 0 amide bonds. The number of aromatic nitrogens is 1. The Morgan fingerprint density at radius 3 is 2.79 bits per heavy atom. The summed E-state index contributed by atoms with van der Waals surface area (Å²) in [5.74, 6) is 0.910. The van der Waals surface area contributed by atoms with E-state index < -0.39 is 0 Å². The number of hydrogen-bond donors (Lipinski definition) is 2. The molecule has 100 valence electrons. The molecule has 0 atom stereocenters. The van der Waals surface area contributed by atoms with Gasteiger partial charge in [-0.15, -0.1) is 11.8 Å². The summed E-state index contributed by atoms with van der Waals surface area (Å²) in [6, 6.07) is 12.4. The van der Waals surface area contributed by atoms with Crippen LogP contribution >= 0.6 is 11.8 Å². The minimum Gasteiger partial charge on any atom is -0.370 e. The first-order chi connectivity index (χ1) is 9.31. The lowest BCUT2D eigenvalue weighted by atomic mass is 10.3. The third kappa shape index (κ3) is 4.17. The molecule has 0 saturated carbocycles. The summed E-state index contributed by atoms with van der Waals surface area (Å²) < 4.78 is 0. The molecular weight excluding hydrogens is 254 g/mol. The first-order valence-electron chi connectivity index (χ1n) is 6.43. The zero-order valence-corrected chi connectivity index (χ0v) is 12.1. The predicted octanol–water partition coefficient (Wildman–Crippen LogP) is 4.37. The van der Waals surface area contributed by atoms with E-state index in [0.717, 1.165) is 30.2 Å². The van der Waals surface area contributed by atoms with E-state index in [9.17, 15) is 0 Å². The third-order valence-corrected chi connectivity index (χ3v) is 3.40. The molecule has 0 unspecified atom stereocenters. The maximum absolute atomic E-state index is 4.30. The number of benzene rings is 1. The highest BCUT2D eigenvalue weighted by Crippen LogP contribution is 2.23. The first-order valence-corrected chi connectivity index (χ1v) is 7.65. The summed E-state index contributed by atoms with van der Waals surface area (Å²) >= 11 is 1.74. The fourth-order valence-corrected chi connectivity index (χ4v) is 2.19. The van der Waals surface area contributed by atoms with Crippen molar-refractivity contribution in [2.75, 3.05) is 23.4 Å². The van der Waals surface area contributed by atoms with Crippen LogP contribution < -0.4 is 10.6 Å². The zero-order valence-electron chi connectivity index (χ0n) is 11.3. The number of thioether (sulfide) groups is 1. The van der Waals surface area contributed by atoms with Crippen molar-refractivity contribution in [1.82, 2.24) is 4.98 Å². The Kier molecular flexibility index (Phi) is 5.10. The Bertz CT molecular complexity index is 528. The molecule has 0 radical (unpaired) electrons. The van der Waals surface area contributed by atoms with Gasteiger partial charge in [0, 0.05) is 35.1 Å². The van der Waals surface area contributed by atoms with E-state index in [4.69, 9.17) is 0 Å². The van der Waals surface area contributed by atoms with Crippen LogP contribution in [0.3, 0.4) is 0 Å². The van der Waals surface area contributed by atoms with Crippen LogP contribution in [0.15, 0.2) is 47.5 Å². The second-order valence-corrected chi connectivity index (χ2v) is 5.09. The molecule has 0 spiro atoms. The van der Waals surface area contributed by atoms with Crippen molar-refractivity contribution >= 4 is 29.0 Å². The Morgan fingerprint density at radius 2 is 2.00 bits per heavy atom. The van der Waals surface area contributed by atoms with Crippen LogP contribution in [-0.2, 0) is 0 Å². The van der Waals surface area contributed by atoms with Gasteiger partial charge >= 0.3 is 0 Å². The van der Waals surface area contributed by atoms with Crippen LogP contribution in [0.2, 0.25) is 0 Å². The van der Waals surface area contributed by atoms with E-state index >= 15 is 0 Å². The number of rotatable bonds is 6. The number of hydrogen-bond acceptors (Lipinski definition) is 4. The Hall–Kier alpha value is -1.68. The lowest BCUT2D eigenvalue weighted by Crippen LogP contribution is -2.02. The quantitative estimate of drug-likeness (QED) is 0.766. The third-order valence-electron chi connectivity index (χ3n) is 2.67. The van der Waals surface area contributed by atoms with Crippen molar-refractivity contribution in [3.8, 4) is 0 Å². The standard InChI is InChI=1S/C15H19N3S/c1-3-8-16-15-11-13(7-9-17-15)18-12-5-4-6-14(10-12)19-2/h4-7,9-11H,3,8H2,1-2H3,(H2,16,17,18). The van der Waals surface area contributed by atoms with Gasteiger partial charge in [-0.25, -0.2) is 4.98 Å². The van der Waals surface area contributed by atoms with Gasteiger partial charge in [-0.2, -0.15) is 0 Å². The van der Waals surface area contributed by atoms with E-state index in [2.05, 4.69) is 53.1 Å². The van der Waals surface area contributed by atoms with Crippen molar-refractivity contribution < 1.29 is 0 Å². The highest BCUT2D eigenvalue weighted by atomic mass is 32.2. The van der Waals surface area contributed by atoms with Gasteiger partial charge in [-0.1, -0.05) is 13.0 Å². The molecule has 2 rings (SSSR count). The summed E-state index contributed by atoms with van der Waals surface area (Å²) in [5.41, 5.74) is 2.14. The Labute approximate surface area is 118 Å². The minimum atomic E-state index is 0.910. The van der Waals surface area contributed by atoms with Crippen LogP contribution in [0.1, 0.15) is 13.3 Å². The van der Waals surface area contributed by atoms with Gasteiger partial charge in [-0.05, 0) is 36.9 Å². The summed E-state index contributed by atoms with van der Waals surface area (Å²) in [5, 5.41) is 6.69. The second kappa shape index (κ2) is 7.04. The van der Waals surface area contributed by atoms with Crippen molar-refractivity contribution in [2.24, 2.45) is 0 Å². The number of nitrogens with zero attached hydrogens (tertiary/aromatic N) is 1. The van der Waals surface area contributed by atoms with Gasteiger partial charge in [0.05, 0.1) is 0 Å². The maximum atomic E-state index is 4.30. The summed E-state index contributed by atoms with van der Waals surface area (Å²) in [6.07, 6.45) is 4.99. The molecule has 1 heterocycles. The van der Waals surface area contributed by atoms with Crippen LogP contribution in [0.4, 0.5) is 17.2 Å². The van der Waals surface area contributed by atoms with Gasteiger partial charge in [0.2, 0.25) is 0 Å². The number of pyridine rings is 1. The highest BCUT2D eigenvalue weighted by Gasteiger charge is 1.99. The fourth-order valence-electron chi connectivity index (χ4n) is 1.73. The molecule has 0 bridgehead atoms. The Balaban J connectivity index is 2.09. The monoisotopic (exact) mass is 273 g/mol. The maximum Gasteiger partial charge on any atom is 0.127 e. The predicted molar refractivity (Wildman–Crippen MR) is 84.5 cm³/mol. The molecule has 3 nitrogen and oxygen atoms in total. The molecule has 2 N–H and O–H groups in total. The average molecular weight is 273 g/mol. The summed E-state index contributed by atoms with van der Waals surface area (Å²) in [6.45, 7) is 3.08. The fraction of sp³-hybridized carbons (Fsp3) is 0.267. The van der Waals surface area contributed by atoms with Crippen LogP contribution in [0.25, 0.3) is 0 Å². The van der Waals surface area contributed by atoms with Crippen molar-refractivity contribution in [1.29, 1.82) is 0 Å². The Morgan fingerprint density at radius 1 is 1.16 bits per heavy atom. The van der Waals surface area contributed by atoms with Gasteiger partial charge in [0.1, 0.15) is 5.82 Å². The average Bonchev–Trinajstić information content (AvgIpc) is 2.46. The highest BCUT2D eigenvalue weighted by molar-refractivity contribution is 7.98. The first kappa shape index (κ1) is 13.7. The molecular formula is C15H19N3S. The second-order valence-electron chi connectivity index (χ2n) is 4.21. The van der Waals surface area contributed by atoms with Gasteiger partial charge in [0.15, 0.2) is 0 Å². The molecule has 0 aliphatic carbocycles. The SMILES string of the molecule is CCCNc1cc(Nc2cccc(SC)c2)ccn1. The van der Waals surface area contributed by atoms with Gasteiger partial charge in [-0.3, -0.25) is 0 Å². The largest absolute Gasteiger partial charge is 0.370 e. The van der Waals surface area contributed by atoms with Crippen LogP contribution in [0.5, 0.6) is 0 Å². The lowest BCUT2D eigenvalue weighted by Gasteiger charge is -2.09. The smallest absolute Gasteiger partial charge is 0.127 e. The van der Waals surface area contributed by atoms with E-state index in [1.165, 1.54) is 4.90 Å². The van der Waals surface area contributed by atoms with Crippen molar-refractivity contribution in [2.45, 2.75) is 18.2 Å². The van der Waals surface area contributed by atoms with Crippen molar-refractivity contribution in [3.63, 3.8) is 0 Å². The zero-order chi connectivity index (χ0) is 13.5. The molecule has 0 fully saturated rings. The van der Waals surface area contributed by atoms with Gasteiger partial charge < -0.3 is 10.6 Å². The molecule has 0 aliphatic heterocycles. The van der Waals surface area contributed by atoms with E-state index in [1.54, 1.807) is 11.8 Å². The van der Waals surface area contributed by atoms with Crippen LogP contribution in [0, 0.1) is 0 Å². The van der Waals surface area contributed by atoms with Crippen LogP contribution in [-0.4, -0.2) is 17.8 Å². The molecule has 0 aliphatic rings. The lowest BCUT2D eigenvalue weighted by molar-refractivity contribution is 0.969. The summed E-state index contributed by atoms with van der Waals surface area (Å²) in [7, 11) is 0. The molecule has 1 aromatic carbocycles. The molecule has 0 saturated heterocycles.